The number of halogens is 1. The first kappa shape index (κ1) is 19.6. The molecule has 1 fully saturated rings. The van der Waals surface area contributed by atoms with Crippen LogP contribution in [0.2, 0.25) is 0 Å². The summed E-state index contributed by atoms with van der Waals surface area (Å²) in [5.41, 5.74) is 4.87. The van der Waals surface area contributed by atoms with Gasteiger partial charge in [-0.1, -0.05) is 48.0 Å². The van der Waals surface area contributed by atoms with Gasteiger partial charge in [0.1, 0.15) is 5.82 Å². The Bertz CT molecular complexity index is 1220. The lowest BCUT2D eigenvalue weighted by molar-refractivity contribution is 0.628. The number of benzene rings is 2. The van der Waals surface area contributed by atoms with Gasteiger partial charge in [-0.2, -0.15) is 0 Å². The van der Waals surface area contributed by atoms with Crippen molar-refractivity contribution in [3.63, 3.8) is 0 Å². The molecule has 0 spiro atoms. The molecule has 0 amide bonds. The number of pyridine rings is 1. The van der Waals surface area contributed by atoms with Crippen molar-refractivity contribution in [3.05, 3.63) is 90.5 Å². The first-order valence-corrected chi connectivity index (χ1v) is 11.1. The highest BCUT2D eigenvalue weighted by Crippen LogP contribution is 2.47. The van der Waals surface area contributed by atoms with Gasteiger partial charge in [0, 0.05) is 29.6 Å². The van der Waals surface area contributed by atoms with Crippen LogP contribution in [0.25, 0.3) is 22.5 Å². The number of imidazole rings is 1. The summed E-state index contributed by atoms with van der Waals surface area (Å²) >= 11 is 1.59. The van der Waals surface area contributed by atoms with Crippen molar-refractivity contribution >= 4 is 11.8 Å². The van der Waals surface area contributed by atoms with Gasteiger partial charge in [0.25, 0.3) is 0 Å². The Kier molecular flexibility index (Phi) is 5.31. The van der Waals surface area contributed by atoms with Gasteiger partial charge < -0.3 is 4.57 Å². The minimum atomic E-state index is -0.262. The van der Waals surface area contributed by atoms with E-state index in [1.165, 1.54) is 12.1 Å². The van der Waals surface area contributed by atoms with Crippen LogP contribution in [0.3, 0.4) is 0 Å². The number of hydrogen-bond acceptors (Lipinski definition) is 3. The van der Waals surface area contributed by atoms with E-state index in [4.69, 9.17) is 11.4 Å². The summed E-state index contributed by atoms with van der Waals surface area (Å²) in [6.07, 6.45) is 11.7. The SMILES string of the molecule is C#CC(Sc1nc(-c2ccc(F)cc2)c(-c2ccncc2)n1C1CC1)c1ccccc1. The molecule has 152 valence electrons. The Morgan fingerprint density at radius 3 is 2.32 bits per heavy atom. The lowest BCUT2D eigenvalue weighted by atomic mass is 10.1. The van der Waals surface area contributed by atoms with E-state index in [9.17, 15) is 4.39 Å². The van der Waals surface area contributed by atoms with Crippen molar-refractivity contribution in [2.75, 3.05) is 0 Å². The van der Waals surface area contributed by atoms with Crippen molar-refractivity contribution < 1.29 is 4.39 Å². The molecular weight excluding hydrogens is 405 g/mol. The number of nitrogens with zero attached hydrogens (tertiary/aromatic N) is 3. The summed E-state index contributed by atoms with van der Waals surface area (Å²) in [6, 6.07) is 21.0. The summed E-state index contributed by atoms with van der Waals surface area (Å²) in [4.78, 5) is 9.22. The fourth-order valence-electron chi connectivity index (χ4n) is 3.69. The summed E-state index contributed by atoms with van der Waals surface area (Å²) in [7, 11) is 0. The fraction of sp³-hybridized carbons (Fsp3) is 0.154. The number of thioether (sulfide) groups is 1. The summed E-state index contributed by atoms with van der Waals surface area (Å²) in [6.45, 7) is 0. The Balaban J connectivity index is 1.67. The van der Waals surface area contributed by atoms with Crippen molar-refractivity contribution in [1.29, 1.82) is 0 Å². The third-order valence-corrected chi connectivity index (χ3v) is 6.48. The molecule has 5 heteroatoms. The highest BCUT2D eigenvalue weighted by molar-refractivity contribution is 7.99. The van der Waals surface area contributed by atoms with Gasteiger partial charge in [-0.15, -0.1) is 6.42 Å². The van der Waals surface area contributed by atoms with Crippen molar-refractivity contribution in [1.82, 2.24) is 14.5 Å². The van der Waals surface area contributed by atoms with Gasteiger partial charge in [0.2, 0.25) is 0 Å². The van der Waals surface area contributed by atoms with Crippen LogP contribution in [0.4, 0.5) is 4.39 Å². The van der Waals surface area contributed by atoms with Gasteiger partial charge in [0.05, 0.1) is 16.6 Å². The standard InChI is InChI=1S/C26H20FN3S/c1-2-23(18-6-4-3-5-7-18)31-26-29-24(19-8-10-21(27)11-9-19)25(30(26)22-12-13-22)20-14-16-28-17-15-20/h1,3-11,14-17,22-23H,12-13H2. The first-order chi connectivity index (χ1) is 15.2. The molecule has 2 aromatic heterocycles. The second kappa shape index (κ2) is 8.41. The molecule has 0 saturated heterocycles. The zero-order chi connectivity index (χ0) is 21.2. The van der Waals surface area contributed by atoms with E-state index in [2.05, 4.69) is 15.5 Å². The number of rotatable bonds is 6. The molecule has 1 unspecified atom stereocenters. The molecule has 1 aliphatic carbocycles. The number of hydrogen-bond donors (Lipinski definition) is 0. The molecule has 5 rings (SSSR count). The minimum Gasteiger partial charge on any atom is -0.315 e. The van der Waals surface area contributed by atoms with Crippen LogP contribution in [0.5, 0.6) is 0 Å². The average Bonchev–Trinajstić information content (AvgIpc) is 3.59. The van der Waals surface area contributed by atoms with E-state index >= 15 is 0 Å². The monoisotopic (exact) mass is 425 g/mol. The predicted octanol–water partition coefficient (Wildman–Crippen LogP) is 6.55. The summed E-state index contributed by atoms with van der Waals surface area (Å²) in [5.74, 6) is 2.66. The van der Waals surface area contributed by atoms with Crippen LogP contribution in [0, 0.1) is 18.2 Å². The number of aromatic nitrogens is 3. The van der Waals surface area contributed by atoms with Crippen LogP contribution >= 0.6 is 11.8 Å². The highest BCUT2D eigenvalue weighted by atomic mass is 32.2. The zero-order valence-corrected chi connectivity index (χ0v) is 17.6. The third-order valence-electron chi connectivity index (χ3n) is 5.34. The molecule has 0 bridgehead atoms. The lowest BCUT2D eigenvalue weighted by Crippen LogP contribution is -2.01. The quantitative estimate of drug-likeness (QED) is 0.259. The first-order valence-electron chi connectivity index (χ1n) is 10.2. The number of terminal acetylenes is 1. The molecule has 1 aliphatic rings. The van der Waals surface area contributed by atoms with E-state index in [1.807, 2.05) is 42.5 Å². The summed E-state index contributed by atoms with van der Waals surface area (Å²) in [5, 5.41) is 0.743. The normalized spacial score (nSPS) is 14.2. The van der Waals surface area contributed by atoms with Gasteiger partial charge in [0.15, 0.2) is 5.16 Å². The van der Waals surface area contributed by atoms with E-state index in [0.717, 1.165) is 46.1 Å². The fourth-order valence-corrected chi connectivity index (χ4v) is 4.76. The largest absolute Gasteiger partial charge is 0.315 e. The predicted molar refractivity (Wildman–Crippen MR) is 123 cm³/mol. The second-order valence-corrected chi connectivity index (χ2v) is 8.58. The Hall–Kier alpha value is -3.36. The Labute approximate surface area is 185 Å². The topological polar surface area (TPSA) is 30.7 Å². The van der Waals surface area contributed by atoms with Crippen LogP contribution in [-0.2, 0) is 0 Å². The van der Waals surface area contributed by atoms with Gasteiger partial charge >= 0.3 is 0 Å². The zero-order valence-electron chi connectivity index (χ0n) is 16.8. The van der Waals surface area contributed by atoms with Gasteiger partial charge in [-0.3, -0.25) is 4.98 Å². The molecule has 0 aliphatic heterocycles. The molecule has 2 aromatic carbocycles. The molecule has 1 saturated carbocycles. The average molecular weight is 426 g/mol. The molecular formula is C26H20FN3S. The maximum Gasteiger partial charge on any atom is 0.170 e. The van der Waals surface area contributed by atoms with E-state index in [0.29, 0.717) is 6.04 Å². The van der Waals surface area contributed by atoms with Gasteiger partial charge in [-0.25, -0.2) is 9.37 Å². The second-order valence-electron chi connectivity index (χ2n) is 7.51. The Morgan fingerprint density at radius 1 is 0.968 bits per heavy atom. The van der Waals surface area contributed by atoms with E-state index in [-0.39, 0.29) is 11.1 Å². The molecule has 0 radical (unpaired) electrons. The minimum absolute atomic E-state index is 0.146. The Morgan fingerprint density at radius 2 is 1.68 bits per heavy atom. The van der Waals surface area contributed by atoms with Crippen LogP contribution in [0.15, 0.2) is 84.3 Å². The van der Waals surface area contributed by atoms with Crippen molar-refractivity contribution in [3.8, 4) is 34.9 Å². The molecule has 1 atom stereocenters. The van der Waals surface area contributed by atoms with Crippen molar-refractivity contribution in [2.24, 2.45) is 0 Å². The van der Waals surface area contributed by atoms with Crippen LogP contribution in [-0.4, -0.2) is 14.5 Å². The summed E-state index contributed by atoms with van der Waals surface area (Å²) < 4.78 is 15.9. The molecule has 3 nitrogen and oxygen atoms in total. The van der Waals surface area contributed by atoms with E-state index in [1.54, 1.807) is 36.3 Å². The maximum absolute atomic E-state index is 13.6. The molecule has 2 heterocycles. The molecule has 31 heavy (non-hydrogen) atoms. The molecule has 4 aromatic rings. The third kappa shape index (κ3) is 3.99. The van der Waals surface area contributed by atoms with Crippen LogP contribution < -0.4 is 0 Å². The lowest BCUT2D eigenvalue weighted by Gasteiger charge is -2.14. The van der Waals surface area contributed by atoms with Crippen LogP contribution in [0.1, 0.15) is 29.7 Å². The maximum atomic E-state index is 13.6. The van der Waals surface area contributed by atoms with Crippen molar-refractivity contribution in [2.45, 2.75) is 29.3 Å². The van der Waals surface area contributed by atoms with Gasteiger partial charge in [-0.05, 0) is 54.8 Å². The highest BCUT2D eigenvalue weighted by Gasteiger charge is 2.32. The smallest absolute Gasteiger partial charge is 0.170 e. The van der Waals surface area contributed by atoms with E-state index < -0.39 is 0 Å². The molecule has 0 N–H and O–H groups in total.